The molecule has 2 aliphatic carbocycles. The molecule has 0 radical (unpaired) electrons. The van der Waals surface area contributed by atoms with Gasteiger partial charge in [0.05, 0.1) is 27.5 Å². The van der Waals surface area contributed by atoms with Crippen molar-refractivity contribution >= 4 is 54.9 Å². The van der Waals surface area contributed by atoms with Crippen LogP contribution in [-0.4, -0.2) is 9.13 Å². The summed E-state index contributed by atoms with van der Waals surface area (Å²) in [5.74, 6) is 0. The number of rotatable bonds is 2. The highest BCUT2D eigenvalue weighted by Crippen LogP contribution is 2.65. The Morgan fingerprint density at radius 3 is 1.31 bits per heavy atom. The van der Waals surface area contributed by atoms with Crippen molar-refractivity contribution in [3.63, 3.8) is 0 Å². The Bertz CT molecular complexity index is 2900. The summed E-state index contributed by atoms with van der Waals surface area (Å²) in [7, 11) is 0. The fourth-order valence-electron chi connectivity index (χ4n) is 9.80. The Balaban J connectivity index is 1.20. The van der Waals surface area contributed by atoms with Gasteiger partial charge >= 0.3 is 0 Å². The van der Waals surface area contributed by atoms with Crippen LogP contribution in [0.1, 0.15) is 32.7 Å². The second-order valence-electron chi connectivity index (χ2n) is 14.6. The van der Waals surface area contributed by atoms with Gasteiger partial charge in [-0.25, -0.2) is 0 Å². The topological polar surface area (TPSA) is 9.86 Å². The molecule has 10 aromatic rings. The highest BCUT2D eigenvalue weighted by Gasteiger charge is 2.53. The molecule has 3 aromatic heterocycles. The van der Waals surface area contributed by atoms with E-state index < -0.39 is 5.41 Å². The molecular weight excluding hydrogens is 649 g/mol. The number of thiophene rings is 1. The third kappa shape index (κ3) is 3.40. The van der Waals surface area contributed by atoms with Gasteiger partial charge in [-0.3, -0.25) is 0 Å². The summed E-state index contributed by atoms with van der Waals surface area (Å²) in [6.45, 7) is 4.53. The number of para-hydroxylation sites is 4. The monoisotopic (exact) mass is 680 g/mol. The van der Waals surface area contributed by atoms with Crippen molar-refractivity contribution < 1.29 is 0 Å². The molecule has 0 unspecified atom stereocenters. The van der Waals surface area contributed by atoms with E-state index in [0.29, 0.717) is 0 Å². The number of fused-ring (bicyclic) bond motifs is 16. The SMILES string of the molecule is Cc1cc2c(cc1C)C1(c3cc(-n4c5ccccc5c5ccccc54)ccc3-c3ccc(-n4c5ccccc5c5ccccc54)cc31)c1sccc1-2. The normalized spacial score (nSPS) is 13.7. The van der Waals surface area contributed by atoms with Crippen molar-refractivity contribution in [3.8, 4) is 33.6 Å². The number of nitrogens with zero attached hydrogens (tertiary/aromatic N) is 2. The number of aryl methyl sites for hydroxylation is 2. The molecule has 3 heteroatoms. The lowest BCUT2D eigenvalue weighted by molar-refractivity contribution is 0.807. The maximum Gasteiger partial charge on any atom is 0.0820 e. The van der Waals surface area contributed by atoms with Crippen molar-refractivity contribution in [1.82, 2.24) is 9.13 Å². The first kappa shape index (κ1) is 28.5. The Morgan fingerprint density at radius 2 is 0.827 bits per heavy atom. The maximum absolute atomic E-state index is 2.52. The minimum atomic E-state index is -0.439. The summed E-state index contributed by atoms with van der Waals surface area (Å²) in [4.78, 5) is 1.42. The number of aromatic nitrogens is 2. The van der Waals surface area contributed by atoms with E-state index in [1.165, 1.54) is 110 Å². The standard InChI is InChI=1S/C49H32N2S/c1-29-25-40-39-23-24-52-48(39)49(41(40)26-30(29)2)42-27-31(50-44-15-7-3-11-35(44)36-12-4-8-16-45(36)50)19-21-33(42)34-22-20-32(28-43(34)49)51-46-17-9-5-13-37(46)38-14-6-10-18-47(38)51/h3-28H,1-2H3. The lowest BCUT2D eigenvalue weighted by atomic mass is 9.73. The van der Waals surface area contributed by atoms with Crippen molar-refractivity contribution in [1.29, 1.82) is 0 Å². The molecule has 3 heterocycles. The van der Waals surface area contributed by atoms with E-state index in [1.807, 2.05) is 11.3 Å². The van der Waals surface area contributed by atoms with E-state index >= 15 is 0 Å². The van der Waals surface area contributed by atoms with Crippen LogP contribution in [0.25, 0.3) is 77.2 Å². The second kappa shape index (κ2) is 10.00. The van der Waals surface area contributed by atoms with E-state index in [0.717, 1.165) is 0 Å². The van der Waals surface area contributed by atoms with Crippen molar-refractivity contribution in [2.45, 2.75) is 19.3 Å². The predicted octanol–water partition coefficient (Wildman–Crippen LogP) is 12.9. The molecule has 0 fully saturated rings. The Labute approximate surface area is 305 Å². The number of hydrogen-bond donors (Lipinski definition) is 0. The average Bonchev–Trinajstić information content (AvgIpc) is 3.98. The lowest BCUT2D eigenvalue weighted by Gasteiger charge is -2.30. The van der Waals surface area contributed by atoms with Gasteiger partial charge in [-0.05, 0) is 124 Å². The first-order valence-electron chi connectivity index (χ1n) is 18.1. The van der Waals surface area contributed by atoms with E-state index in [1.54, 1.807) is 0 Å². The van der Waals surface area contributed by atoms with Gasteiger partial charge in [0.1, 0.15) is 0 Å². The fourth-order valence-corrected chi connectivity index (χ4v) is 10.9. The minimum absolute atomic E-state index is 0.439. The highest BCUT2D eigenvalue weighted by molar-refractivity contribution is 7.11. The van der Waals surface area contributed by atoms with Gasteiger partial charge in [0.25, 0.3) is 0 Å². The molecule has 0 bridgehead atoms. The first-order chi connectivity index (χ1) is 25.6. The molecule has 0 N–H and O–H groups in total. The molecule has 12 rings (SSSR count). The van der Waals surface area contributed by atoms with Crippen LogP contribution in [0.15, 0.2) is 157 Å². The summed E-state index contributed by atoms with van der Waals surface area (Å²) in [5, 5.41) is 7.43. The maximum atomic E-state index is 2.52. The van der Waals surface area contributed by atoms with Crippen LogP contribution in [0.5, 0.6) is 0 Å². The molecule has 2 aliphatic rings. The van der Waals surface area contributed by atoms with E-state index in [9.17, 15) is 0 Å². The van der Waals surface area contributed by atoms with Gasteiger partial charge < -0.3 is 9.13 Å². The van der Waals surface area contributed by atoms with Crippen molar-refractivity contribution in [3.05, 3.63) is 190 Å². The summed E-state index contributed by atoms with van der Waals surface area (Å²) in [5.41, 5.74) is 19.1. The molecule has 2 nitrogen and oxygen atoms in total. The highest BCUT2D eigenvalue weighted by atomic mass is 32.1. The largest absolute Gasteiger partial charge is 0.309 e. The third-order valence-electron chi connectivity index (χ3n) is 12.1. The Morgan fingerprint density at radius 1 is 0.404 bits per heavy atom. The molecule has 0 saturated carbocycles. The molecule has 7 aromatic carbocycles. The molecular formula is C49H32N2S. The number of benzene rings is 7. The van der Waals surface area contributed by atoms with Crippen LogP contribution in [0.2, 0.25) is 0 Å². The Kier molecular flexibility index (Phi) is 5.49. The summed E-state index contributed by atoms with van der Waals surface area (Å²) >= 11 is 1.91. The third-order valence-corrected chi connectivity index (χ3v) is 13.1. The molecule has 52 heavy (non-hydrogen) atoms. The second-order valence-corrected chi connectivity index (χ2v) is 15.5. The summed E-state index contributed by atoms with van der Waals surface area (Å²) < 4.78 is 4.94. The van der Waals surface area contributed by atoms with Crippen LogP contribution in [0, 0.1) is 13.8 Å². The molecule has 244 valence electrons. The van der Waals surface area contributed by atoms with Crippen molar-refractivity contribution in [2.24, 2.45) is 0 Å². The zero-order valence-corrected chi connectivity index (χ0v) is 29.6. The Hall–Kier alpha value is -6.16. The minimum Gasteiger partial charge on any atom is -0.309 e. The van der Waals surface area contributed by atoms with Crippen LogP contribution in [0.4, 0.5) is 0 Å². The van der Waals surface area contributed by atoms with E-state index in [4.69, 9.17) is 0 Å². The van der Waals surface area contributed by atoms with Gasteiger partial charge in [-0.1, -0.05) is 97.1 Å². The van der Waals surface area contributed by atoms with Crippen LogP contribution in [-0.2, 0) is 5.41 Å². The first-order valence-corrected chi connectivity index (χ1v) is 19.0. The van der Waals surface area contributed by atoms with Crippen LogP contribution >= 0.6 is 11.3 Å². The zero-order chi connectivity index (χ0) is 34.3. The smallest absolute Gasteiger partial charge is 0.0820 e. The van der Waals surface area contributed by atoms with E-state index in [-0.39, 0.29) is 0 Å². The quantitative estimate of drug-likeness (QED) is 0.172. The summed E-state index contributed by atoms with van der Waals surface area (Å²) in [6, 6.07) is 57.1. The predicted molar refractivity (Wildman–Crippen MR) is 219 cm³/mol. The number of hydrogen-bond acceptors (Lipinski definition) is 1. The van der Waals surface area contributed by atoms with Crippen molar-refractivity contribution in [2.75, 3.05) is 0 Å². The van der Waals surface area contributed by atoms with Gasteiger partial charge in [-0.2, -0.15) is 0 Å². The van der Waals surface area contributed by atoms with Gasteiger partial charge in [0, 0.05) is 37.8 Å². The summed E-state index contributed by atoms with van der Waals surface area (Å²) in [6.07, 6.45) is 0. The fraction of sp³-hybridized carbons (Fsp3) is 0.0612. The zero-order valence-electron chi connectivity index (χ0n) is 28.8. The van der Waals surface area contributed by atoms with Gasteiger partial charge in [0.15, 0.2) is 0 Å². The molecule has 0 saturated heterocycles. The lowest BCUT2D eigenvalue weighted by Crippen LogP contribution is -2.25. The van der Waals surface area contributed by atoms with E-state index in [2.05, 4.69) is 180 Å². The molecule has 0 aliphatic heterocycles. The van der Waals surface area contributed by atoms with Gasteiger partial charge in [0.2, 0.25) is 0 Å². The average molecular weight is 681 g/mol. The molecule has 0 atom stereocenters. The molecule has 1 spiro atoms. The molecule has 0 amide bonds. The van der Waals surface area contributed by atoms with Gasteiger partial charge in [-0.15, -0.1) is 11.3 Å². The van der Waals surface area contributed by atoms with Crippen LogP contribution < -0.4 is 0 Å². The van der Waals surface area contributed by atoms with Crippen LogP contribution in [0.3, 0.4) is 0 Å².